The van der Waals surface area contributed by atoms with E-state index in [9.17, 15) is 9.59 Å². The van der Waals surface area contributed by atoms with Crippen molar-refractivity contribution in [3.8, 4) is 11.5 Å². The molecule has 2 atom stereocenters. The van der Waals surface area contributed by atoms with Gasteiger partial charge in [-0.05, 0) is 25.0 Å². The van der Waals surface area contributed by atoms with E-state index in [-0.39, 0.29) is 6.61 Å². The maximum absolute atomic E-state index is 12.1. The van der Waals surface area contributed by atoms with Gasteiger partial charge >= 0.3 is 11.9 Å². The second kappa shape index (κ2) is 7.15. The molecule has 0 amide bonds. The van der Waals surface area contributed by atoms with E-state index in [1.807, 2.05) is 0 Å². The number of ether oxygens (including phenoxy) is 3. The lowest BCUT2D eigenvalue weighted by atomic mass is 9.96. The van der Waals surface area contributed by atoms with Crippen molar-refractivity contribution in [2.45, 2.75) is 25.9 Å². The van der Waals surface area contributed by atoms with Crippen LogP contribution in [0.15, 0.2) is 18.2 Å². The van der Waals surface area contributed by atoms with Crippen LogP contribution in [0.4, 0.5) is 0 Å². The van der Waals surface area contributed by atoms with Gasteiger partial charge in [-0.1, -0.05) is 6.42 Å². The summed E-state index contributed by atoms with van der Waals surface area (Å²) in [5.74, 6) is -1.36. The molecule has 1 aliphatic rings. The first-order valence-electron chi connectivity index (χ1n) is 7.17. The molecule has 0 aromatic heterocycles. The van der Waals surface area contributed by atoms with Crippen LogP contribution in [0.5, 0.6) is 11.5 Å². The lowest BCUT2D eigenvalue weighted by Gasteiger charge is -2.16. The van der Waals surface area contributed by atoms with Gasteiger partial charge in [0.15, 0.2) is 0 Å². The molecule has 0 aliphatic heterocycles. The van der Waals surface area contributed by atoms with Gasteiger partial charge in [0.25, 0.3) is 0 Å². The summed E-state index contributed by atoms with van der Waals surface area (Å²) in [6.45, 7) is 0.0504. The number of rotatable bonds is 6. The predicted octanol–water partition coefficient (Wildman–Crippen LogP) is 2.25. The summed E-state index contributed by atoms with van der Waals surface area (Å²) in [4.78, 5) is 23.2. The van der Waals surface area contributed by atoms with Crippen LogP contribution in [-0.4, -0.2) is 31.3 Å². The molecule has 1 fully saturated rings. The van der Waals surface area contributed by atoms with E-state index < -0.39 is 23.8 Å². The third kappa shape index (κ3) is 3.50. The van der Waals surface area contributed by atoms with Crippen LogP contribution in [0.1, 0.15) is 24.8 Å². The first kappa shape index (κ1) is 16.1. The highest BCUT2D eigenvalue weighted by atomic mass is 16.5. The molecular formula is C16H20O6. The highest BCUT2D eigenvalue weighted by Crippen LogP contribution is 2.33. The van der Waals surface area contributed by atoms with E-state index in [4.69, 9.17) is 19.3 Å². The van der Waals surface area contributed by atoms with Crippen molar-refractivity contribution in [2.24, 2.45) is 11.8 Å². The largest absolute Gasteiger partial charge is 0.497 e. The minimum absolute atomic E-state index is 0.0504. The second-order valence-corrected chi connectivity index (χ2v) is 5.27. The minimum atomic E-state index is -0.929. The maximum atomic E-state index is 12.1. The average molecular weight is 308 g/mol. The molecule has 0 spiro atoms. The van der Waals surface area contributed by atoms with Gasteiger partial charge in [0.2, 0.25) is 0 Å². The molecule has 0 radical (unpaired) electrons. The molecule has 120 valence electrons. The molecule has 6 heteroatoms. The Labute approximate surface area is 129 Å². The Morgan fingerprint density at radius 3 is 2.55 bits per heavy atom. The van der Waals surface area contributed by atoms with E-state index in [1.54, 1.807) is 25.3 Å². The fourth-order valence-corrected chi connectivity index (χ4v) is 2.76. The van der Waals surface area contributed by atoms with E-state index >= 15 is 0 Å². The van der Waals surface area contributed by atoms with Crippen molar-refractivity contribution in [1.82, 2.24) is 0 Å². The topological polar surface area (TPSA) is 82.1 Å². The number of carboxylic acid groups (broad SMARTS) is 1. The van der Waals surface area contributed by atoms with Crippen LogP contribution in [0.2, 0.25) is 0 Å². The van der Waals surface area contributed by atoms with E-state index in [0.29, 0.717) is 29.9 Å². The zero-order valence-electron chi connectivity index (χ0n) is 12.7. The second-order valence-electron chi connectivity index (χ2n) is 5.27. The monoisotopic (exact) mass is 308 g/mol. The number of aliphatic carboxylic acids is 1. The van der Waals surface area contributed by atoms with Crippen molar-refractivity contribution in [1.29, 1.82) is 0 Å². The molecule has 2 rings (SSSR count). The predicted molar refractivity (Wildman–Crippen MR) is 77.8 cm³/mol. The lowest BCUT2D eigenvalue weighted by molar-refractivity contribution is -0.157. The van der Waals surface area contributed by atoms with Crippen molar-refractivity contribution < 1.29 is 28.9 Å². The van der Waals surface area contributed by atoms with Crippen molar-refractivity contribution in [3.63, 3.8) is 0 Å². The molecular weight excluding hydrogens is 288 g/mol. The molecule has 2 unspecified atom stereocenters. The van der Waals surface area contributed by atoms with Gasteiger partial charge < -0.3 is 19.3 Å². The van der Waals surface area contributed by atoms with Crippen molar-refractivity contribution >= 4 is 11.9 Å². The number of carbonyl (C=O) groups excluding carboxylic acids is 1. The summed E-state index contributed by atoms with van der Waals surface area (Å²) in [7, 11) is 3.08. The van der Waals surface area contributed by atoms with Gasteiger partial charge in [0.1, 0.15) is 18.1 Å². The third-order valence-electron chi connectivity index (χ3n) is 4.00. The van der Waals surface area contributed by atoms with Gasteiger partial charge in [0, 0.05) is 11.6 Å². The normalized spacial score (nSPS) is 20.5. The number of hydrogen-bond donors (Lipinski definition) is 1. The molecule has 1 N–H and O–H groups in total. The Kier molecular flexibility index (Phi) is 5.25. The Morgan fingerprint density at radius 2 is 1.91 bits per heavy atom. The zero-order valence-corrected chi connectivity index (χ0v) is 12.7. The number of methoxy groups -OCH3 is 2. The fourth-order valence-electron chi connectivity index (χ4n) is 2.76. The smallest absolute Gasteiger partial charge is 0.310 e. The molecule has 1 aromatic carbocycles. The molecule has 0 saturated heterocycles. The van der Waals surface area contributed by atoms with Gasteiger partial charge in [-0.25, -0.2) is 0 Å². The number of esters is 1. The highest BCUT2D eigenvalue weighted by molar-refractivity contribution is 5.81. The molecule has 6 nitrogen and oxygen atoms in total. The average Bonchev–Trinajstić information content (AvgIpc) is 3.02. The highest BCUT2D eigenvalue weighted by Gasteiger charge is 2.38. The first-order chi connectivity index (χ1) is 10.6. The summed E-state index contributed by atoms with van der Waals surface area (Å²) >= 11 is 0. The van der Waals surface area contributed by atoms with Crippen LogP contribution in [0.3, 0.4) is 0 Å². The number of hydrogen-bond acceptors (Lipinski definition) is 5. The standard InChI is InChI=1S/C16H20O6/c1-20-11-7-6-10(14(8-11)21-2)9-22-16(19)13-5-3-4-12(13)15(17)18/h6-8,12-13H,3-5,9H2,1-2H3,(H,17,18). The third-order valence-corrected chi connectivity index (χ3v) is 4.00. The summed E-state index contributed by atoms with van der Waals surface area (Å²) in [6, 6.07) is 5.22. The van der Waals surface area contributed by atoms with Crippen molar-refractivity contribution in [2.75, 3.05) is 14.2 Å². The Bertz CT molecular complexity index is 554. The molecule has 22 heavy (non-hydrogen) atoms. The van der Waals surface area contributed by atoms with Crippen molar-refractivity contribution in [3.05, 3.63) is 23.8 Å². The zero-order chi connectivity index (χ0) is 16.1. The molecule has 0 heterocycles. The van der Waals surface area contributed by atoms with Gasteiger partial charge in [-0.3, -0.25) is 9.59 Å². The fraction of sp³-hybridized carbons (Fsp3) is 0.500. The van der Waals surface area contributed by atoms with Crippen LogP contribution in [0.25, 0.3) is 0 Å². The molecule has 1 aromatic rings. The number of carboxylic acids is 1. The Balaban J connectivity index is 2.00. The van der Waals surface area contributed by atoms with Crippen LogP contribution in [0, 0.1) is 11.8 Å². The summed E-state index contributed by atoms with van der Waals surface area (Å²) in [6.07, 6.45) is 1.83. The summed E-state index contributed by atoms with van der Waals surface area (Å²) in [5, 5.41) is 9.12. The lowest BCUT2D eigenvalue weighted by Crippen LogP contribution is -2.26. The van der Waals surface area contributed by atoms with Gasteiger partial charge in [-0.2, -0.15) is 0 Å². The number of benzene rings is 1. The Morgan fingerprint density at radius 1 is 1.18 bits per heavy atom. The minimum Gasteiger partial charge on any atom is -0.497 e. The van der Waals surface area contributed by atoms with E-state index in [1.165, 1.54) is 7.11 Å². The number of carbonyl (C=O) groups is 2. The Hall–Kier alpha value is -2.24. The summed E-state index contributed by atoms with van der Waals surface area (Å²) in [5.41, 5.74) is 0.710. The molecule has 1 saturated carbocycles. The quantitative estimate of drug-likeness (QED) is 0.812. The van der Waals surface area contributed by atoms with Crippen LogP contribution in [-0.2, 0) is 20.9 Å². The van der Waals surface area contributed by atoms with Gasteiger partial charge in [0.05, 0.1) is 26.1 Å². The van der Waals surface area contributed by atoms with E-state index in [2.05, 4.69) is 0 Å². The first-order valence-corrected chi connectivity index (χ1v) is 7.17. The van der Waals surface area contributed by atoms with E-state index in [0.717, 1.165) is 6.42 Å². The SMILES string of the molecule is COc1ccc(COC(=O)C2CCCC2C(=O)O)c(OC)c1. The summed E-state index contributed by atoms with van der Waals surface area (Å²) < 4.78 is 15.6. The maximum Gasteiger partial charge on any atom is 0.310 e. The van der Waals surface area contributed by atoms with Gasteiger partial charge in [-0.15, -0.1) is 0 Å². The molecule has 1 aliphatic carbocycles. The van der Waals surface area contributed by atoms with Crippen LogP contribution >= 0.6 is 0 Å². The van der Waals surface area contributed by atoms with Crippen LogP contribution < -0.4 is 9.47 Å². The molecule has 0 bridgehead atoms.